The number of ether oxygens (including phenoxy) is 1. The standard InChI is InChI=1S/C24H21N3O3/c28-22(26-27-24(29)20-15-25-21-14-8-7-13-19(20)21)16-30-23(17-9-3-1-4-10-17)18-11-5-2-6-12-18/h1-15,23,25H,16H2,(H,26,28)(H,27,29). The van der Waals surface area contributed by atoms with Gasteiger partial charge in [0.25, 0.3) is 11.8 Å². The fourth-order valence-electron chi connectivity index (χ4n) is 3.29. The molecule has 0 aliphatic rings. The summed E-state index contributed by atoms with van der Waals surface area (Å²) in [5.74, 6) is -0.844. The quantitative estimate of drug-likeness (QED) is 0.432. The third kappa shape index (κ3) is 4.39. The number of carbonyl (C=O) groups excluding carboxylic acids is 2. The van der Waals surface area contributed by atoms with Gasteiger partial charge in [0, 0.05) is 17.1 Å². The number of rotatable bonds is 6. The maximum atomic E-state index is 12.4. The van der Waals surface area contributed by atoms with Crippen molar-refractivity contribution in [2.45, 2.75) is 6.10 Å². The zero-order chi connectivity index (χ0) is 20.8. The Bertz CT molecular complexity index is 1100. The Hall–Kier alpha value is -3.90. The summed E-state index contributed by atoms with van der Waals surface area (Å²) in [5.41, 5.74) is 8.06. The van der Waals surface area contributed by atoms with E-state index < -0.39 is 11.8 Å². The van der Waals surface area contributed by atoms with E-state index >= 15 is 0 Å². The van der Waals surface area contributed by atoms with E-state index in [9.17, 15) is 9.59 Å². The van der Waals surface area contributed by atoms with Gasteiger partial charge in [-0.3, -0.25) is 20.4 Å². The van der Waals surface area contributed by atoms with Gasteiger partial charge >= 0.3 is 0 Å². The normalized spacial score (nSPS) is 10.8. The van der Waals surface area contributed by atoms with E-state index in [1.165, 1.54) is 0 Å². The van der Waals surface area contributed by atoms with Crippen LogP contribution >= 0.6 is 0 Å². The van der Waals surface area contributed by atoms with Crippen LogP contribution in [-0.4, -0.2) is 23.4 Å². The number of hydrogen-bond acceptors (Lipinski definition) is 3. The van der Waals surface area contributed by atoms with Gasteiger partial charge in [-0.05, 0) is 17.2 Å². The van der Waals surface area contributed by atoms with Crippen LogP contribution < -0.4 is 10.9 Å². The first kappa shape index (κ1) is 19.4. The highest BCUT2D eigenvalue weighted by atomic mass is 16.5. The minimum atomic E-state index is -0.444. The maximum absolute atomic E-state index is 12.4. The van der Waals surface area contributed by atoms with Crippen LogP contribution in [0, 0.1) is 0 Å². The van der Waals surface area contributed by atoms with E-state index in [4.69, 9.17) is 4.74 Å². The number of para-hydroxylation sites is 1. The highest BCUT2D eigenvalue weighted by molar-refractivity contribution is 6.07. The summed E-state index contributed by atoms with van der Waals surface area (Å²) in [6.07, 6.45) is 1.23. The van der Waals surface area contributed by atoms with Crippen LogP contribution in [0.5, 0.6) is 0 Å². The highest BCUT2D eigenvalue weighted by Gasteiger charge is 2.17. The van der Waals surface area contributed by atoms with E-state index in [0.717, 1.165) is 22.0 Å². The molecular formula is C24H21N3O3. The number of aromatic nitrogens is 1. The molecule has 4 rings (SSSR count). The fraction of sp³-hybridized carbons (Fsp3) is 0.0833. The molecule has 2 amide bonds. The molecular weight excluding hydrogens is 378 g/mol. The van der Waals surface area contributed by atoms with E-state index in [2.05, 4.69) is 15.8 Å². The van der Waals surface area contributed by atoms with Crippen LogP contribution in [0.4, 0.5) is 0 Å². The summed E-state index contributed by atoms with van der Waals surface area (Å²) in [7, 11) is 0. The number of hydrazine groups is 1. The topological polar surface area (TPSA) is 83.2 Å². The predicted octanol–water partition coefficient (Wildman–Crippen LogP) is 3.74. The maximum Gasteiger partial charge on any atom is 0.271 e. The van der Waals surface area contributed by atoms with Gasteiger partial charge in [-0.1, -0.05) is 78.9 Å². The number of nitrogens with one attached hydrogen (secondary N) is 3. The number of H-pyrrole nitrogens is 1. The molecule has 3 N–H and O–H groups in total. The first-order chi connectivity index (χ1) is 14.7. The van der Waals surface area contributed by atoms with Crippen molar-refractivity contribution in [3.63, 3.8) is 0 Å². The number of fused-ring (bicyclic) bond motifs is 1. The SMILES string of the molecule is O=C(COC(c1ccccc1)c1ccccc1)NNC(=O)c1c[nH]c2ccccc12. The average Bonchev–Trinajstić information content (AvgIpc) is 3.23. The molecule has 30 heavy (non-hydrogen) atoms. The van der Waals surface area contributed by atoms with Crippen molar-refractivity contribution in [1.29, 1.82) is 0 Å². The molecule has 6 nitrogen and oxygen atoms in total. The molecule has 1 heterocycles. The second-order valence-electron chi connectivity index (χ2n) is 6.76. The van der Waals surface area contributed by atoms with Gasteiger partial charge in [-0.25, -0.2) is 0 Å². The third-order valence-electron chi connectivity index (χ3n) is 4.74. The Labute approximate surface area is 173 Å². The lowest BCUT2D eigenvalue weighted by atomic mass is 10.0. The van der Waals surface area contributed by atoms with E-state index in [1.807, 2.05) is 84.9 Å². The largest absolute Gasteiger partial charge is 0.360 e. The predicted molar refractivity (Wildman–Crippen MR) is 115 cm³/mol. The summed E-state index contributed by atoms with van der Waals surface area (Å²) in [5, 5.41) is 0.786. The molecule has 0 unspecified atom stereocenters. The van der Waals surface area contributed by atoms with Crippen molar-refractivity contribution in [1.82, 2.24) is 15.8 Å². The van der Waals surface area contributed by atoms with Crippen molar-refractivity contribution >= 4 is 22.7 Å². The van der Waals surface area contributed by atoms with Gasteiger partial charge in [-0.15, -0.1) is 0 Å². The average molecular weight is 399 g/mol. The molecule has 4 aromatic rings. The summed E-state index contributed by atoms with van der Waals surface area (Å²) in [6, 6.07) is 26.8. The molecule has 0 saturated carbocycles. The molecule has 0 fully saturated rings. The molecule has 6 heteroatoms. The molecule has 0 bridgehead atoms. The van der Waals surface area contributed by atoms with Crippen molar-refractivity contribution in [2.24, 2.45) is 0 Å². The number of hydrogen-bond donors (Lipinski definition) is 3. The molecule has 0 spiro atoms. The number of benzene rings is 3. The van der Waals surface area contributed by atoms with Crippen molar-refractivity contribution in [3.05, 3.63) is 108 Å². The molecule has 3 aromatic carbocycles. The summed E-state index contributed by atoms with van der Waals surface area (Å²) in [6.45, 7) is -0.206. The zero-order valence-electron chi connectivity index (χ0n) is 16.2. The Morgan fingerprint density at radius 2 is 1.40 bits per heavy atom. The monoisotopic (exact) mass is 399 g/mol. The van der Waals surface area contributed by atoms with E-state index in [0.29, 0.717) is 5.56 Å². The van der Waals surface area contributed by atoms with Crippen LogP contribution in [0.3, 0.4) is 0 Å². The molecule has 150 valence electrons. The molecule has 0 radical (unpaired) electrons. The molecule has 0 aliphatic carbocycles. The Morgan fingerprint density at radius 3 is 2.07 bits per heavy atom. The van der Waals surface area contributed by atoms with Gasteiger partial charge in [0.15, 0.2) is 0 Å². The van der Waals surface area contributed by atoms with Gasteiger partial charge in [0.2, 0.25) is 0 Å². The molecule has 0 atom stereocenters. The van der Waals surface area contributed by atoms with Crippen molar-refractivity contribution in [3.8, 4) is 0 Å². The zero-order valence-corrected chi connectivity index (χ0v) is 16.2. The van der Waals surface area contributed by atoms with E-state index in [1.54, 1.807) is 6.20 Å². The van der Waals surface area contributed by atoms with Crippen LogP contribution in [0.2, 0.25) is 0 Å². The van der Waals surface area contributed by atoms with Crippen molar-refractivity contribution in [2.75, 3.05) is 6.61 Å². The molecule has 1 aromatic heterocycles. The lowest BCUT2D eigenvalue weighted by Crippen LogP contribution is -2.43. The van der Waals surface area contributed by atoms with Crippen molar-refractivity contribution < 1.29 is 14.3 Å². The second-order valence-corrected chi connectivity index (χ2v) is 6.76. The first-order valence-corrected chi connectivity index (χ1v) is 9.59. The Balaban J connectivity index is 1.37. The Morgan fingerprint density at radius 1 is 0.800 bits per heavy atom. The van der Waals surface area contributed by atoms with Crippen LogP contribution in [-0.2, 0) is 9.53 Å². The van der Waals surface area contributed by atoms with Crippen LogP contribution in [0.25, 0.3) is 10.9 Å². The molecule has 0 aliphatic heterocycles. The number of aromatic amines is 1. The lowest BCUT2D eigenvalue weighted by molar-refractivity contribution is -0.127. The van der Waals surface area contributed by atoms with E-state index in [-0.39, 0.29) is 12.7 Å². The van der Waals surface area contributed by atoms with Gasteiger partial charge in [0.1, 0.15) is 12.7 Å². The van der Waals surface area contributed by atoms with Gasteiger partial charge < -0.3 is 9.72 Å². The van der Waals surface area contributed by atoms with Gasteiger partial charge in [-0.2, -0.15) is 0 Å². The molecule has 0 saturated heterocycles. The summed E-state index contributed by atoms with van der Waals surface area (Å²) >= 11 is 0. The summed E-state index contributed by atoms with van der Waals surface area (Å²) in [4.78, 5) is 27.7. The van der Waals surface area contributed by atoms with Crippen LogP contribution in [0.15, 0.2) is 91.1 Å². The summed E-state index contributed by atoms with van der Waals surface area (Å²) < 4.78 is 5.90. The highest BCUT2D eigenvalue weighted by Crippen LogP contribution is 2.25. The lowest BCUT2D eigenvalue weighted by Gasteiger charge is -2.19. The minimum absolute atomic E-state index is 0.206. The number of carbonyl (C=O) groups is 2. The first-order valence-electron chi connectivity index (χ1n) is 9.59. The van der Waals surface area contributed by atoms with Crippen LogP contribution in [0.1, 0.15) is 27.6 Å². The third-order valence-corrected chi connectivity index (χ3v) is 4.74. The second kappa shape index (κ2) is 9.07. The Kier molecular flexibility index (Phi) is 5.87. The van der Waals surface area contributed by atoms with Gasteiger partial charge in [0.05, 0.1) is 5.56 Å². The number of amides is 2. The minimum Gasteiger partial charge on any atom is -0.360 e. The fourth-order valence-corrected chi connectivity index (χ4v) is 3.29. The smallest absolute Gasteiger partial charge is 0.271 e.